The molecule has 2 aromatic carbocycles. The van der Waals surface area contributed by atoms with E-state index < -0.39 is 46.9 Å². The van der Waals surface area contributed by atoms with E-state index in [1.807, 2.05) is 0 Å². The fraction of sp³-hybridized carbons (Fsp3) is 0.158. The molecule has 0 atom stereocenters. The normalized spacial score (nSPS) is 13.0. The summed E-state index contributed by atoms with van der Waals surface area (Å²) >= 11 is 0. The minimum absolute atomic E-state index is 0.0737. The molecule has 0 spiro atoms. The Balaban J connectivity index is 1.99. The second kappa shape index (κ2) is 8.20. The highest BCUT2D eigenvalue weighted by Crippen LogP contribution is 2.39. The van der Waals surface area contributed by atoms with Gasteiger partial charge in [0.25, 0.3) is 0 Å². The molecule has 0 aliphatic heterocycles. The van der Waals surface area contributed by atoms with Crippen LogP contribution in [0.2, 0.25) is 0 Å². The van der Waals surface area contributed by atoms with Crippen molar-refractivity contribution in [3.63, 3.8) is 0 Å². The molecule has 0 aliphatic carbocycles. The minimum Gasteiger partial charge on any atom is -0.406 e. The zero-order valence-corrected chi connectivity index (χ0v) is 15.4. The van der Waals surface area contributed by atoms with Gasteiger partial charge >= 0.3 is 18.7 Å². The summed E-state index contributed by atoms with van der Waals surface area (Å²) in [6, 6.07) is 7.68. The Morgan fingerprint density at radius 3 is 2.16 bits per heavy atom. The number of hydrogen-bond acceptors (Lipinski definition) is 4. The number of hydrogen-bond donors (Lipinski definition) is 1. The van der Waals surface area contributed by atoms with E-state index in [2.05, 4.69) is 20.2 Å². The number of aromatic nitrogens is 1. The summed E-state index contributed by atoms with van der Waals surface area (Å²) in [4.78, 5) is 3.13. The third kappa shape index (κ3) is 5.59. The number of fused-ring (bicyclic) bond motifs is 1. The van der Waals surface area contributed by atoms with Crippen molar-refractivity contribution in [1.29, 1.82) is 0 Å². The third-order valence-electron chi connectivity index (χ3n) is 3.93. The molecule has 1 N–H and O–H groups in total. The number of ether oxygens (including phenoxy) is 1. The fourth-order valence-electron chi connectivity index (χ4n) is 2.68. The van der Waals surface area contributed by atoms with Crippen molar-refractivity contribution in [1.82, 2.24) is 4.98 Å². The first-order valence-electron chi connectivity index (χ1n) is 8.47. The standard InChI is InChI=1S/C19H10F9N3O/c20-17(21,22)13-6-2-5-12-14(8-15(18(23,24)25)30-16(12)13)31-29-9-10-3-1-4-11(7-10)32-19(26,27)28/h1-9H,(H,30,31)/b29-9+. The van der Waals surface area contributed by atoms with Gasteiger partial charge < -0.3 is 4.74 Å². The van der Waals surface area contributed by atoms with Crippen LogP contribution in [0.4, 0.5) is 45.2 Å². The average Bonchev–Trinajstić information content (AvgIpc) is 2.64. The number of alkyl halides is 9. The van der Waals surface area contributed by atoms with E-state index in [9.17, 15) is 39.5 Å². The van der Waals surface area contributed by atoms with E-state index in [1.165, 1.54) is 12.1 Å². The van der Waals surface area contributed by atoms with Gasteiger partial charge in [-0.2, -0.15) is 31.4 Å². The second-order valence-electron chi connectivity index (χ2n) is 6.24. The number of rotatable bonds is 4. The van der Waals surface area contributed by atoms with Crippen molar-refractivity contribution in [2.45, 2.75) is 18.7 Å². The monoisotopic (exact) mass is 467 g/mol. The number of hydrazone groups is 1. The van der Waals surface area contributed by atoms with Crippen LogP contribution in [0.15, 0.2) is 53.6 Å². The first-order valence-corrected chi connectivity index (χ1v) is 8.47. The molecular formula is C19H10F9N3O. The number of anilines is 1. The summed E-state index contributed by atoms with van der Waals surface area (Å²) in [7, 11) is 0. The number of nitrogens with zero attached hydrogens (tertiary/aromatic N) is 2. The average molecular weight is 467 g/mol. The molecule has 1 heterocycles. The summed E-state index contributed by atoms with van der Waals surface area (Å²) in [6.45, 7) is 0. The predicted molar refractivity (Wildman–Crippen MR) is 96.1 cm³/mol. The molecule has 0 unspecified atom stereocenters. The molecule has 170 valence electrons. The number of halogens is 9. The highest BCUT2D eigenvalue weighted by molar-refractivity contribution is 5.94. The maximum Gasteiger partial charge on any atom is 0.573 e. The third-order valence-corrected chi connectivity index (χ3v) is 3.93. The van der Waals surface area contributed by atoms with E-state index in [-0.39, 0.29) is 10.9 Å². The summed E-state index contributed by atoms with van der Waals surface area (Å²) < 4.78 is 120. The Morgan fingerprint density at radius 1 is 0.844 bits per heavy atom. The van der Waals surface area contributed by atoms with E-state index in [0.29, 0.717) is 12.1 Å². The van der Waals surface area contributed by atoms with Gasteiger partial charge in [-0.15, -0.1) is 13.2 Å². The van der Waals surface area contributed by atoms with Crippen LogP contribution in [0.25, 0.3) is 10.9 Å². The van der Waals surface area contributed by atoms with Crippen molar-refractivity contribution in [3.05, 3.63) is 65.4 Å². The molecule has 0 saturated heterocycles. The lowest BCUT2D eigenvalue weighted by Crippen LogP contribution is -2.17. The van der Waals surface area contributed by atoms with Gasteiger partial charge in [0.15, 0.2) is 0 Å². The number of pyridine rings is 1. The van der Waals surface area contributed by atoms with Crippen LogP contribution < -0.4 is 10.2 Å². The van der Waals surface area contributed by atoms with Crippen molar-refractivity contribution < 1.29 is 44.3 Å². The van der Waals surface area contributed by atoms with E-state index in [4.69, 9.17) is 0 Å². The molecule has 3 rings (SSSR count). The molecule has 0 saturated carbocycles. The highest BCUT2D eigenvalue weighted by atomic mass is 19.4. The van der Waals surface area contributed by atoms with Gasteiger partial charge in [-0.05, 0) is 29.8 Å². The van der Waals surface area contributed by atoms with Gasteiger partial charge in [0.2, 0.25) is 0 Å². The number of benzene rings is 2. The van der Waals surface area contributed by atoms with Crippen molar-refractivity contribution >= 4 is 22.8 Å². The van der Waals surface area contributed by atoms with E-state index in [1.54, 1.807) is 0 Å². The Kier molecular flexibility index (Phi) is 5.94. The molecule has 0 bridgehead atoms. The van der Waals surface area contributed by atoms with Gasteiger partial charge in [0, 0.05) is 5.39 Å². The van der Waals surface area contributed by atoms with Gasteiger partial charge in [-0.3, -0.25) is 5.43 Å². The predicted octanol–water partition coefficient (Wildman–Crippen LogP) is 6.62. The first-order chi connectivity index (χ1) is 14.7. The molecule has 13 heteroatoms. The summed E-state index contributed by atoms with van der Waals surface area (Å²) in [5.74, 6) is -0.565. The maximum absolute atomic E-state index is 13.2. The molecule has 0 aliphatic rings. The largest absolute Gasteiger partial charge is 0.573 e. The van der Waals surface area contributed by atoms with Crippen LogP contribution in [-0.4, -0.2) is 17.6 Å². The molecule has 3 aromatic rings. The summed E-state index contributed by atoms with van der Waals surface area (Å²) in [5.41, 5.74) is -2.06. The topological polar surface area (TPSA) is 46.5 Å². The molecular weight excluding hydrogens is 457 g/mol. The van der Waals surface area contributed by atoms with Crippen LogP contribution in [0.3, 0.4) is 0 Å². The quantitative estimate of drug-likeness (QED) is 0.267. The molecule has 0 radical (unpaired) electrons. The van der Waals surface area contributed by atoms with Gasteiger partial charge in [-0.25, -0.2) is 4.98 Å². The van der Waals surface area contributed by atoms with Crippen LogP contribution in [-0.2, 0) is 12.4 Å². The SMILES string of the molecule is FC(F)(F)Oc1cccc(/C=N/Nc2cc(C(F)(F)F)nc3c(C(F)(F)F)cccc23)c1. The van der Waals surface area contributed by atoms with E-state index >= 15 is 0 Å². The highest BCUT2D eigenvalue weighted by Gasteiger charge is 2.37. The van der Waals surface area contributed by atoms with Crippen molar-refractivity contribution in [2.75, 3.05) is 5.43 Å². The lowest BCUT2D eigenvalue weighted by Gasteiger charge is -2.15. The number of para-hydroxylation sites is 1. The van der Waals surface area contributed by atoms with Crippen LogP contribution in [0.1, 0.15) is 16.8 Å². The molecule has 4 nitrogen and oxygen atoms in total. The summed E-state index contributed by atoms with van der Waals surface area (Å²) in [5, 5.41) is 3.33. The van der Waals surface area contributed by atoms with Crippen LogP contribution >= 0.6 is 0 Å². The maximum atomic E-state index is 13.2. The Hall–Kier alpha value is -3.51. The van der Waals surface area contributed by atoms with Crippen LogP contribution in [0, 0.1) is 0 Å². The first kappa shape index (κ1) is 23.2. The minimum atomic E-state index is -5.05. The molecule has 0 amide bonds. The zero-order valence-electron chi connectivity index (χ0n) is 15.4. The number of nitrogens with one attached hydrogen (secondary N) is 1. The lowest BCUT2D eigenvalue weighted by molar-refractivity contribution is -0.274. The Bertz CT molecular complexity index is 1150. The molecule has 0 fully saturated rings. The van der Waals surface area contributed by atoms with Crippen molar-refractivity contribution in [3.8, 4) is 5.75 Å². The fourth-order valence-corrected chi connectivity index (χ4v) is 2.68. The molecule has 32 heavy (non-hydrogen) atoms. The van der Waals surface area contributed by atoms with Gasteiger partial charge in [0.05, 0.1) is 23.0 Å². The Labute approximate surface area is 173 Å². The zero-order chi connectivity index (χ0) is 23.7. The Morgan fingerprint density at radius 2 is 1.53 bits per heavy atom. The van der Waals surface area contributed by atoms with Crippen LogP contribution in [0.5, 0.6) is 5.75 Å². The lowest BCUT2D eigenvalue weighted by atomic mass is 10.1. The smallest absolute Gasteiger partial charge is 0.406 e. The van der Waals surface area contributed by atoms with Gasteiger partial charge in [0.1, 0.15) is 11.4 Å². The van der Waals surface area contributed by atoms with Gasteiger partial charge in [-0.1, -0.05) is 24.3 Å². The molecule has 1 aromatic heterocycles. The van der Waals surface area contributed by atoms with Crippen molar-refractivity contribution in [2.24, 2.45) is 5.10 Å². The van der Waals surface area contributed by atoms with E-state index in [0.717, 1.165) is 30.5 Å². The summed E-state index contributed by atoms with van der Waals surface area (Å²) in [6.07, 6.45) is -14.0. The second-order valence-corrected chi connectivity index (χ2v) is 6.24.